The van der Waals surface area contributed by atoms with Crippen LogP contribution in [0.25, 0.3) is 0 Å². The van der Waals surface area contributed by atoms with E-state index in [0.717, 1.165) is 24.1 Å². The molecule has 0 saturated carbocycles. The SMILES string of the molecule is CNCC(C)C(=O)N1CCCc2cc(OC(F)F)ccc21.Cl. The van der Waals surface area contributed by atoms with Gasteiger partial charge in [-0.15, -0.1) is 12.4 Å². The van der Waals surface area contributed by atoms with Crippen LogP contribution in [-0.4, -0.2) is 32.7 Å². The van der Waals surface area contributed by atoms with Crippen LogP contribution in [-0.2, 0) is 11.2 Å². The van der Waals surface area contributed by atoms with Crippen molar-refractivity contribution in [2.75, 3.05) is 25.0 Å². The van der Waals surface area contributed by atoms with E-state index in [4.69, 9.17) is 0 Å². The van der Waals surface area contributed by atoms with E-state index in [2.05, 4.69) is 10.1 Å². The molecule has 0 aromatic heterocycles. The van der Waals surface area contributed by atoms with Crippen molar-refractivity contribution in [3.05, 3.63) is 23.8 Å². The summed E-state index contributed by atoms with van der Waals surface area (Å²) in [5, 5.41) is 2.99. The summed E-state index contributed by atoms with van der Waals surface area (Å²) in [4.78, 5) is 14.2. The zero-order chi connectivity index (χ0) is 15.4. The van der Waals surface area contributed by atoms with Crippen LogP contribution in [0.2, 0.25) is 0 Å². The first-order valence-electron chi connectivity index (χ1n) is 7.06. The van der Waals surface area contributed by atoms with E-state index in [1.807, 2.05) is 14.0 Å². The Kier molecular flexibility index (Phi) is 7.03. The van der Waals surface area contributed by atoms with Gasteiger partial charge in [0.05, 0.1) is 0 Å². The van der Waals surface area contributed by atoms with Crippen LogP contribution < -0.4 is 15.0 Å². The Bertz CT molecular complexity index is 514. The maximum atomic E-state index is 12.4. The minimum Gasteiger partial charge on any atom is -0.435 e. The molecule has 0 radical (unpaired) electrons. The number of halogens is 3. The Morgan fingerprint density at radius 3 is 2.82 bits per heavy atom. The zero-order valence-corrected chi connectivity index (χ0v) is 13.5. The second kappa shape index (κ2) is 8.29. The molecule has 1 unspecified atom stereocenters. The molecular formula is C15H21ClF2N2O2. The largest absolute Gasteiger partial charge is 0.435 e. The number of nitrogens with one attached hydrogen (secondary N) is 1. The van der Waals surface area contributed by atoms with Crippen molar-refractivity contribution < 1.29 is 18.3 Å². The molecule has 1 amide bonds. The average Bonchev–Trinajstić information content (AvgIpc) is 2.45. The smallest absolute Gasteiger partial charge is 0.387 e. The summed E-state index contributed by atoms with van der Waals surface area (Å²) in [7, 11) is 1.81. The van der Waals surface area contributed by atoms with Gasteiger partial charge in [0, 0.05) is 24.7 Å². The van der Waals surface area contributed by atoms with Crippen molar-refractivity contribution in [3.63, 3.8) is 0 Å². The second-order valence-corrected chi connectivity index (χ2v) is 5.22. The number of carbonyl (C=O) groups is 1. The van der Waals surface area contributed by atoms with E-state index in [0.29, 0.717) is 13.1 Å². The third-order valence-electron chi connectivity index (χ3n) is 3.59. The van der Waals surface area contributed by atoms with Crippen LogP contribution in [0.5, 0.6) is 5.75 Å². The molecule has 22 heavy (non-hydrogen) atoms. The van der Waals surface area contributed by atoms with Gasteiger partial charge in [-0.05, 0) is 43.7 Å². The predicted octanol–water partition coefficient (Wildman–Crippen LogP) is 2.84. The fraction of sp³-hybridized carbons (Fsp3) is 0.533. The summed E-state index contributed by atoms with van der Waals surface area (Å²) in [5.41, 5.74) is 1.68. The highest BCUT2D eigenvalue weighted by Crippen LogP contribution is 2.31. The van der Waals surface area contributed by atoms with E-state index in [1.54, 1.807) is 17.0 Å². The third kappa shape index (κ3) is 4.30. The fourth-order valence-electron chi connectivity index (χ4n) is 2.64. The van der Waals surface area contributed by atoms with Crippen molar-refractivity contribution in [1.29, 1.82) is 0 Å². The molecule has 4 nitrogen and oxygen atoms in total. The molecule has 0 spiro atoms. The molecular weight excluding hydrogens is 314 g/mol. The van der Waals surface area contributed by atoms with Crippen LogP contribution in [0, 0.1) is 5.92 Å². The van der Waals surface area contributed by atoms with Crippen molar-refractivity contribution in [2.24, 2.45) is 5.92 Å². The number of ether oxygens (including phenoxy) is 1. The molecule has 1 heterocycles. The number of aryl methyl sites for hydroxylation is 1. The van der Waals surface area contributed by atoms with Gasteiger partial charge in [0.15, 0.2) is 0 Å². The maximum absolute atomic E-state index is 12.4. The number of alkyl halides is 2. The van der Waals surface area contributed by atoms with Gasteiger partial charge in [-0.25, -0.2) is 0 Å². The minimum atomic E-state index is -2.83. The van der Waals surface area contributed by atoms with Gasteiger partial charge in [-0.3, -0.25) is 4.79 Å². The van der Waals surface area contributed by atoms with Gasteiger partial charge in [0.1, 0.15) is 5.75 Å². The number of hydrogen-bond donors (Lipinski definition) is 1. The number of carbonyl (C=O) groups excluding carboxylic acids is 1. The van der Waals surface area contributed by atoms with Crippen LogP contribution in [0.15, 0.2) is 18.2 Å². The Balaban J connectivity index is 0.00000242. The lowest BCUT2D eigenvalue weighted by atomic mass is 9.99. The number of benzene rings is 1. The molecule has 1 atom stereocenters. The number of fused-ring (bicyclic) bond motifs is 1. The fourth-order valence-corrected chi connectivity index (χ4v) is 2.64. The highest BCUT2D eigenvalue weighted by atomic mass is 35.5. The summed E-state index contributed by atoms with van der Waals surface area (Å²) >= 11 is 0. The van der Waals surface area contributed by atoms with Crippen LogP contribution in [0.4, 0.5) is 14.5 Å². The Morgan fingerprint density at radius 1 is 1.45 bits per heavy atom. The summed E-state index contributed by atoms with van der Waals surface area (Å²) in [6.07, 6.45) is 1.59. The molecule has 124 valence electrons. The average molecular weight is 335 g/mol. The lowest BCUT2D eigenvalue weighted by Crippen LogP contribution is -2.41. The first-order chi connectivity index (χ1) is 10.0. The third-order valence-corrected chi connectivity index (χ3v) is 3.59. The molecule has 7 heteroatoms. The normalized spacial score (nSPS) is 15.0. The van der Waals surface area contributed by atoms with Gasteiger partial charge in [-0.2, -0.15) is 8.78 Å². The molecule has 1 N–H and O–H groups in total. The summed E-state index contributed by atoms with van der Waals surface area (Å²) in [6.45, 7) is 0.313. The highest BCUT2D eigenvalue weighted by molar-refractivity contribution is 5.96. The van der Waals surface area contributed by atoms with Crippen molar-refractivity contribution in [3.8, 4) is 5.75 Å². The van der Waals surface area contributed by atoms with Crippen LogP contribution in [0.1, 0.15) is 18.9 Å². The molecule has 0 aliphatic carbocycles. The van der Waals surface area contributed by atoms with E-state index >= 15 is 0 Å². The zero-order valence-electron chi connectivity index (χ0n) is 12.6. The highest BCUT2D eigenvalue weighted by Gasteiger charge is 2.26. The molecule has 2 rings (SSSR count). The van der Waals surface area contributed by atoms with Crippen LogP contribution in [0.3, 0.4) is 0 Å². The topological polar surface area (TPSA) is 41.6 Å². The van der Waals surface area contributed by atoms with E-state index in [9.17, 15) is 13.6 Å². The number of nitrogens with zero attached hydrogens (tertiary/aromatic N) is 1. The predicted molar refractivity (Wildman–Crippen MR) is 84.1 cm³/mol. The summed E-state index contributed by atoms with van der Waals surface area (Å²) in [5.74, 6) is 0.0621. The molecule has 0 bridgehead atoms. The van der Waals surface area contributed by atoms with Crippen molar-refractivity contribution in [1.82, 2.24) is 5.32 Å². The van der Waals surface area contributed by atoms with Gasteiger partial charge in [0.2, 0.25) is 5.91 Å². The molecule has 1 aromatic carbocycles. The number of anilines is 1. The quantitative estimate of drug-likeness (QED) is 0.900. The maximum Gasteiger partial charge on any atom is 0.387 e. The standard InChI is InChI=1S/C15H20F2N2O2.ClH/c1-10(9-18-2)14(20)19-7-3-4-11-8-12(21-15(16)17)5-6-13(11)19;/h5-6,8,10,15,18H,3-4,7,9H2,1-2H3;1H. The molecule has 1 aliphatic rings. The number of hydrogen-bond acceptors (Lipinski definition) is 3. The number of amides is 1. The summed E-state index contributed by atoms with van der Waals surface area (Å²) in [6, 6.07) is 4.78. The van der Waals surface area contributed by atoms with Gasteiger partial charge >= 0.3 is 6.61 Å². The van der Waals surface area contributed by atoms with E-state index in [1.165, 1.54) is 6.07 Å². The molecule has 1 aliphatic heterocycles. The minimum absolute atomic E-state index is 0. The van der Waals surface area contributed by atoms with Crippen molar-refractivity contribution >= 4 is 24.0 Å². The lowest BCUT2D eigenvalue weighted by Gasteiger charge is -2.31. The Morgan fingerprint density at radius 2 is 2.18 bits per heavy atom. The van der Waals surface area contributed by atoms with E-state index in [-0.39, 0.29) is 30.0 Å². The molecule has 0 fully saturated rings. The van der Waals surface area contributed by atoms with Crippen molar-refractivity contribution in [2.45, 2.75) is 26.4 Å². The number of rotatable bonds is 5. The lowest BCUT2D eigenvalue weighted by molar-refractivity contribution is -0.121. The summed E-state index contributed by atoms with van der Waals surface area (Å²) < 4.78 is 28.9. The van der Waals surface area contributed by atoms with Gasteiger partial charge in [0.25, 0.3) is 0 Å². The first-order valence-corrected chi connectivity index (χ1v) is 7.06. The monoisotopic (exact) mass is 334 g/mol. The Labute approximate surface area is 135 Å². The van der Waals surface area contributed by atoms with Crippen LogP contribution >= 0.6 is 12.4 Å². The van der Waals surface area contributed by atoms with E-state index < -0.39 is 6.61 Å². The van der Waals surface area contributed by atoms with Gasteiger partial charge in [-0.1, -0.05) is 6.92 Å². The first kappa shape index (κ1) is 18.6. The van der Waals surface area contributed by atoms with Gasteiger partial charge < -0.3 is 15.0 Å². The second-order valence-electron chi connectivity index (χ2n) is 5.22. The Hall–Kier alpha value is -1.40. The molecule has 1 aromatic rings. The molecule has 0 saturated heterocycles.